The van der Waals surface area contributed by atoms with Crippen LogP contribution in [0.25, 0.3) is 0 Å². The van der Waals surface area contributed by atoms with E-state index >= 15 is 0 Å². The van der Waals surface area contributed by atoms with E-state index in [1.165, 1.54) is 0 Å². The molecule has 0 aliphatic heterocycles. The molecule has 1 N–H and O–H groups in total. The maximum absolute atomic E-state index is 10.7. The first-order valence-electron chi connectivity index (χ1n) is 6.90. The summed E-state index contributed by atoms with van der Waals surface area (Å²) in [5.41, 5.74) is 1.38. The second-order valence-corrected chi connectivity index (χ2v) is 5.11. The summed E-state index contributed by atoms with van der Waals surface area (Å²) < 4.78 is 11.0. The van der Waals surface area contributed by atoms with Crippen LogP contribution in [0.1, 0.15) is 30.6 Å². The molecule has 2 rings (SSSR count). The van der Waals surface area contributed by atoms with Gasteiger partial charge in [0, 0.05) is 16.1 Å². The Kier molecular flexibility index (Phi) is 5.48. The molecule has 0 aliphatic rings. The van der Waals surface area contributed by atoms with E-state index in [1.54, 1.807) is 25.3 Å². The highest BCUT2D eigenvalue weighted by Crippen LogP contribution is 2.35. The van der Waals surface area contributed by atoms with Gasteiger partial charge in [0.2, 0.25) is 0 Å². The Morgan fingerprint density at radius 2 is 1.81 bits per heavy atom. The van der Waals surface area contributed by atoms with Gasteiger partial charge in [0.05, 0.1) is 13.7 Å². The van der Waals surface area contributed by atoms with Gasteiger partial charge in [0.1, 0.15) is 17.6 Å². The largest absolute Gasteiger partial charge is 0.496 e. The molecule has 0 radical (unpaired) electrons. The Balaban J connectivity index is 2.38. The van der Waals surface area contributed by atoms with Gasteiger partial charge < -0.3 is 14.6 Å². The topological polar surface area (TPSA) is 38.7 Å². The average Bonchev–Trinajstić information content (AvgIpc) is 2.52. The molecule has 0 amide bonds. The number of halogens is 1. The highest BCUT2D eigenvalue weighted by atomic mass is 35.5. The fraction of sp³-hybridized carbons (Fsp3) is 0.294. The van der Waals surface area contributed by atoms with Crippen molar-refractivity contribution in [3.05, 3.63) is 58.6 Å². The third kappa shape index (κ3) is 3.69. The molecule has 0 aromatic heterocycles. The molecule has 3 nitrogen and oxygen atoms in total. The van der Waals surface area contributed by atoms with E-state index < -0.39 is 6.10 Å². The Bertz CT molecular complexity index is 598. The molecule has 0 bridgehead atoms. The van der Waals surface area contributed by atoms with Crippen molar-refractivity contribution in [2.45, 2.75) is 19.4 Å². The highest BCUT2D eigenvalue weighted by molar-refractivity contribution is 6.30. The first kappa shape index (κ1) is 15.7. The number of aliphatic hydroxyl groups excluding tert-OH is 1. The smallest absolute Gasteiger partial charge is 0.126 e. The minimum absolute atomic E-state index is 0.556. The second kappa shape index (κ2) is 7.34. The molecule has 0 aliphatic carbocycles. The highest BCUT2D eigenvalue weighted by Gasteiger charge is 2.19. The molecule has 0 heterocycles. The number of hydrogen-bond acceptors (Lipinski definition) is 3. The van der Waals surface area contributed by atoms with Crippen molar-refractivity contribution in [1.82, 2.24) is 0 Å². The number of ether oxygens (including phenoxy) is 2. The number of rotatable bonds is 6. The van der Waals surface area contributed by atoms with E-state index in [0.717, 1.165) is 6.42 Å². The lowest BCUT2D eigenvalue weighted by molar-refractivity contribution is 0.206. The van der Waals surface area contributed by atoms with Crippen molar-refractivity contribution in [3.63, 3.8) is 0 Å². The Morgan fingerprint density at radius 1 is 1.10 bits per heavy atom. The van der Waals surface area contributed by atoms with E-state index in [-0.39, 0.29) is 0 Å². The summed E-state index contributed by atoms with van der Waals surface area (Å²) in [5, 5.41) is 11.2. The maximum Gasteiger partial charge on any atom is 0.126 e. The summed E-state index contributed by atoms with van der Waals surface area (Å²) in [6.45, 7) is 2.66. The summed E-state index contributed by atoms with van der Waals surface area (Å²) in [6.07, 6.45) is 0.0830. The van der Waals surface area contributed by atoms with E-state index in [2.05, 4.69) is 0 Å². The van der Waals surface area contributed by atoms with Crippen molar-refractivity contribution >= 4 is 11.6 Å². The van der Waals surface area contributed by atoms with Crippen LogP contribution >= 0.6 is 11.6 Å². The lowest BCUT2D eigenvalue weighted by atomic mass is 10.00. The average molecular weight is 307 g/mol. The van der Waals surface area contributed by atoms with Gasteiger partial charge >= 0.3 is 0 Å². The second-order valence-electron chi connectivity index (χ2n) is 4.68. The monoisotopic (exact) mass is 306 g/mol. The van der Waals surface area contributed by atoms with Crippen molar-refractivity contribution in [3.8, 4) is 11.5 Å². The quantitative estimate of drug-likeness (QED) is 0.868. The normalized spacial score (nSPS) is 12.0. The molecule has 1 unspecified atom stereocenters. The van der Waals surface area contributed by atoms with Crippen molar-refractivity contribution in [2.24, 2.45) is 0 Å². The lowest BCUT2D eigenvalue weighted by Gasteiger charge is -2.18. The molecule has 112 valence electrons. The van der Waals surface area contributed by atoms with Gasteiger partial charge in [-0.25, -0.2) is 0 Å². The van der Waals surface area contributed by atoms with Crippen LogP contribution in [0.3, 0.4) is 0 Å². The van der Waals surface area contributed by atoms with Crippen molar-refractivity contribution < 1.29 is 14.6 Å². The number of methoxy groups -OCH3 is 1. The van der Waals surface area contributed by atoms with E-state index in [1.807, 2.05) is 31.2 Å². The SMILES string of the molecule is CCCOc1ccccc1C(O)c1ccc(Cl)cc1OC. The number of para-hydroxylation sites is 1. The Labute approximate surface area is 130 Å². The first-order valence-corrected chi connectivity index (χ1v) is 7.28. The third-order valence-electron chi connectivity index (χ3n) is 3.17. The summed E-state index contributed by atoms with van der Waals surface area (Å²) in [6, 6.07) is 12.7. The molecule has 0 saturated carbocycles. The van der Waals surface area contributed by atoms with Crippen LogP contribution in [0, 0.1) is 0 Å². The van der Waals surface area contributed by atoms with Crippen LogP contribution in [0.5, 0.6) is 11.5 Å². The van der Waals surface area contributed by atoms with Crippen LogP contribution in [0.4, 0.5) is 0 Å². The van der Waals surface area contributed by atoms with Gasteiger partial charge in [-0.2, -0.15) is 0 Å². The van der Waals surface area contributed by atoms with Gasteiger partial charge in [-0.05, 0) is 24.6 Å². The zero-order valence-electron chi connectivity index (χ0n) is 12.2. The van der Waals surface area contributed by atoms with Gasteiger partial charge in [0.15, 0.2) is 0 Å². The summed E-state index contributed by atoms with van der Waals surface area (Å²) in [7, 11) is 1.56. The van der Waals surface area contributed by atoms with Crippen LogP contribution in [0.2, 0.25) is 5.02 Å². The van der Waals surface area contributed by atoms with E-state index in [4.69, 9.17) is 21.1 Å². The van der Waals surface area contributed by atoms with Crippen molar-refractivity contribution in [2.75, 3.05) is 13.7 Å². The minimum atomic E-state index is -0.828. The molecule has 21 heavy (non-hydrogen) atoms. The van der Waals surface area contributed by atoms with Gasteiger partial charge in [-0.1, -0.05) is 42.8 Å². The molecule has 2 aromatic carbocycles. The van der Waals surface area contributed by atoms with Gasteiger partial charge in [-0.15, -0.1) is 0 Å². The van der Waals surface area contributed by atoms with Gasteiger partial charge in [0.25, 0.3) is 0 Å². The Morgan fingerprint density at radius 3 is 2.52 bits per heavy atom. The van der Waals surface area contributed by atoms with Crippen LogP contribution in [-0.4, -0.2) is 18.8 Å². The van der Waals surface area contributed by atoms with Crippen LogP contribution in [0.15, 0.2) is 42.5 Å². The number of aliphatic hydroxyl groups is 1. The first-order chi connectivity index (χ1) is 10.2. The summed E-state index contributed by atoms with van der Waals surface area (Å²) in [4.78, 5) is 0. The van der Waals surface area contributed by atoms with E-state index in [0.29, 0.717) is 34.3 Å². The molecule has 2 aromatic rings. The molecular formula is C17H19ClO3. The zero-order chi connectivity index (χ0) is 15.2. The number of hydrogen-bond donors (Lipinski definition) is 1. The third-order valence-corrected chi connectivity index (χ3v) is 3.40. The van der Waals surface area contributed by atoms with Gasteiger partial charge in [-0.3, -0.25) is 0 Å². The fourth-order valence-corrected chi connectivity index (χ4v) is 2.29. The molecule has 0 fully saturated rings. The maximum atomic E-state index is 10.7. The molecular weight excluding hydrogens is 288 g/mol. The number of benzene rings is 2. The fourth-order valence-electron chi connectivity index (χ4n) is 2.13. The standard InChI is InChI=1S/C17H19ClO3/c1-3-10-21-15-7-5-4-6-13(15)17(19)14-9-8-12(18)11-16(14)20-2/h4-9,11,17,19H,3,10H2,1-2H3. The zero-order valence-corrected chi connectivity index (χ0v) is 12.9. The molecule has 0 saturated heterocycles. The van der Waals surface area contributed by atoms with Crippen LogP contribution in [-0.2, 0) is 0 Å². The molecule has 0 spiro atoms. The summed E-state index contributed by atoms with van der Waals surface area (Å²) >= 11 is 5.96. The van der Waals surface area contributed by atoms with E-state index in [9.17, 15) is 5.11 Å². The summed E-state index contributed by atoms with van der Waals surface area (Å²) in [5.74, 6) is 1.24. The molecule has 1 atom stereocenters. The molecule has 4 heteroatoms. The predicted molar refractivity (Wildman–Crippen MR) is 84.3 cm³/mol. The van der Waals surface area contributed by atoms with Crippen LogP contribution < -0.4 is 9.47 Å². The Hall–Kier alpha value is -1.71. The minimum Gasteiger partial charge on any atom is -0.496 e. The van der Waals surface area contributed by atoms with Crippen molar-refractivity contribution in [1.29, 1.82) is 0 Å². The lowest BCUT2D eigenvalue weighted by Crippen LogP contribution is -2.06. The predicted octanol–water partition coefficient (Wildman–Crippen LogP) is 4.22.